The van der Waals surface area contributed by atoms with Gasteiger partial charge >= 0.3 is 0 Å². The van der Waals surface area contributed by atoms with Crippen molar-refractivity contribution in [3.63, 3.8) is 0 Å². The SMILES string of the molecule is Nc1c(Cl)sc2c1CCN(C1CC1)C2. The maximum Gasteiger partial charge on any atom is 0.116 e. The number of hydrogen-bond donors (Lipinski definition) is 1. The smallest absolute Gasteiger partial charge is 0.116 e. The second-order valence-electron chi connectivity index (χ2n) is 4.14. The molecule has 76 valence electrons. The molecule has 2 N–H and O–H groups in total. The van der Waals surface area contributed by atoms with Crippen LogP contribution < -0.4 is 5.73 Å². The highest BCUT2D eigenvalue weighted by Gasteiger charge is 2.32. The molecule has 3 rings (SSSR count). The van der Waals surface area contributed by atoms with Gasteiger partial charge in [-0.1, -0.05) is 11.6 Å². The molecule has 1 fully saturated rings. The van der Waals surface area contributed by atoms with Gasteiger partial charge in [0.15, 0.2) is 0 Å². The lowest BCUT2D eigenvalue weighted by atomic mass is 10.1. The molecule has 1 aliphatic heterocycles. The Morgan fingerprint density at radius 1 is 1.43 bits per heavy atom. The zero-order chi connectivity index (χ0) is 9.71. The number of nitrogens with two attached hydrogens (primary N) is 1. The second-order valence-corrected chi connectivity index (χ2v) is 5.85. The van der Waals surface area contributed by atoms with E-state index in [9.17, 15) is 0 Å². The maximum atomic E-state index is 6.04. The van der Waals surface area contributed by atoms with E-state index in [2.05, 4.69) is 4.90 Å². The van der Waals surface area contributed by atoms with E-state index >= 15 is 0 Å². The molecule has 1 saturated carbocycles. The zero-order valence-corrected chi connectivity index (χ0v) is 9.50. The van der Waals surface area contributed by atoms with E-state index in [1.807, 2.05) is 0 Å². The van der Waals surface area contributed by atoms with Gasteiger partial charge in [0.05, 0.1) is 5.69 Å². The first kappa shape index (κ1) is 9.01. The third-order valence-corrected chi connectivity index (χ3v) is 4.60. The first-order valence-corrected chi connectivity index (χ1v) is 6.24. The Bertz CT molecular complexity index is 370. The van der Waals surface area contributed by atoms with Gasteiger partial charge in [-0.25, -0.2) is 0 Å². The summed E-state index contributed by atoms with van der Waals surface area (Å²) in [5.41, 5.74) is 8.07. The van der Waals surface area contributed by atoms with E-state index in [-0.39, 0.29) is 0 Å². The van der Waals surface area contributed by atoms with Crippen molar-refractivity contribution in [1.82, 2.24) is 4.90 Å². The normalized spacial score (nSPS) is 22.4. The summed E-state index contributed by atoms with van der Waals surface area (Å²) in [5.74, 6) is 0. The zero-order valence-electron chi connectivity index (χ0n) is 7.92. The molecule has 2 heterocycles. The molecule has 0 amide bonds. The summed E-state index contributed by atoms with van der Waals surface area (Å²) < 4.78 is 0.785. The average Bonchev–Trinajstić information content (AvgIpc) is 2.96. The van der Waals surface area contributed by atoms with Gasteiger partial charge in [0.1, 0.15) is 4.34 Å². The van der Waals surface area contributed by atoms with Crippen molar-refractivity contribution in [1.29, 1.82) is 0 Å². The van der Waals surface area contributed by atoms with E-state index in [0.29, 0.717) is 0 Å². The number of rotatable bonds is 1. The number of anilines is 1. The highest BCUT2D eigenvalue weighted by atomic mass is 35.5. The third kappa shape index (κ3) is 1.35. The molecule has 0 aromatic carbocycles. The van der Waals surface area contributed by atoms with Crippen LogP contribution in [0.15, 0.2) is 0 Å². The van der Waals surface area contributed by atoms with Crippen LogP contribution in [-0.4, -0.2) is 17.5 Å². The van der Waals surface area contributed by atoms with Crippen molar-refractivity contribution >= 4 is 28.6 Å². The summed E-state index contributed by atoms with van der Waals surface area (Å²) in [4.78, 5) is 3.96. The van der Waals surface area contributed by atoms with Crippen molar-refractivity contribution in [2.45, 2.75) is 31.8 Å². The summed E-state index contributed by atoms with van der Waals surface area (Å²) in [6.45, 7) is 2.23. The molecule has 1 aliphatic carbocycles. The predicted octanol–water partition coefficient (Wildman–Crippen LogP) is 2.50. The molecule has 0 unspecified atom stereocenters. The van der Waals surface area contributed by atoms with Gasteiger partial charge in [-0.15, -0.1) is 11.3 Å². The largest absolute Gasteiger partial charge is 0.397 e. The molecule has 2 aliphatic rings. The van der Waals surface area contributed by atoms with Gasteiger partial charge < -0.3 is 5.73 Å². The van der Waals surface area contributed by atoms with Crippen LogP contribution in [0.3, 0.4) is 0 Å². The van der Waals surface area contributed by atoms with Gasteiger partial charge in [0, 0.05) is 24.0 Å². The number of fused-ring (bicyclic) bond motifs is 1. The highest BCUT2D eigenvalue weighted by Crippen LogP contribution is 2.40. The molecular formula is C10H13ClN2S. The molecule has 4 heteroatoms. The quantitative estimate of drug-likeness (QED) is 0.801. The van der Waals surface area contributed by atoms with Crippen LogP contribution >= 0.6 is 22.9 Å². The van der Waals surface area contributed by atoms with E-state index in [1.165, 1.54) is 23.3 Å². The van der Waals surface area contributed by atoms with Crippen molar-refractivity contribution in [3.05, 3.63) is 14.8 Å². The molecular weight excluding hydrogens is 216 g/mol. The first-order chi connectivity index (χ1) is 6.75. The fourth-order valence-corrected chi connectivity index (χ4v) is 3.57. The van der Waals surface area contributed by atoms with Crippen molar-refractivity contribution in [2.75, 3.05) is 12.3 Å². The topological polar surface area (TPSA) is 29.3 Å². The third-order valence-electron chi connectivity index (χ3n) is 3.15. The molecule has 0 saturated heterocycles. The van der Waals surface area contributed by atoms with Gasteiger partial charge in [0.25, 0.3) is 0 Å². The van der Waals surface area contributed by atoms with Crippen LogP contribution in [0.5, 0.6) is 0 Å². The maximum absolute atomic E-state index is 6.04. The first-order valence-electron chi connectivity index (χ1n) is 5.05. The number of nitrogens with zero attached hydrogens (tertiary/aromatic N) is 1. The van der Waals surface area contributed by atoms with Crippen molar-refractivity contribution in [2.24, 2.45) is 0 Å². The minimum atomic E-state index is 0.785. The van der Waals surface area contributed by atoms with Crippen LogP contribution in [0, 0.1) is 0 Å². The molecule has 1 aromatic heterocycles. The summed E-state index contributed by atoms with van der Waals surface area (Å²) in [5, 5.41) is 0. The Labute approximate surface area is 92.7 Å². The Kier molecular flexibility index (Phi) is 2.01. The molecule has 1 aromatic rings. The van der Waals surface area contributed by atoms with E-state index < -0.39 is 0 Å². The van der Waals surface area contributed by atoms with Crippen LogP contribution in [0.4, 0.5) is 5.69 Å². The molecule has 0 radical (unpaired) electrons. The Hall–Kier alpha value is -0.250. The van der Waals surface area contributed by atoms with Gasteiger partial charge in [-0.05, 0) is 24.8 Å². The second kappa shape index (κ2) is 3.12. The summed E-state index contributed by atoms with van der Waals surface area (Å²) in [6.07, 6.45) is 3.84. The van der Waals surface area contributed by atoms with E-state index in [1.54, 1.807) is 11.3 Å². The minimum Gasteiger partial charge on any atom is -0.397 e. The number of thiophene rings is 1. The van der Waals surface area contributed by atoms with Gasteiger partial charge in [-0.2, -0.15) is 0 Å². The number of halogens is 1. The highest BCUT2D eigenvalue weighted by molar-refractivity contribution is 7.17. The number of hydrogen-bond acceptors (Lipinski definition) is 3. The van der Waals surface area contributed by atoms with E-state index in [0.717, 1.165) is 35.6 Å². The minimum absolute atomic E-state index is 0.785. The molecule has 2 nitrogen and oxygen atoms in total. The van der Waals surface area contributed by atoms with Gasteiger partial charge in [-0.3, -0.25) is 4.90 Å². The van der Waals surface area contributed by atoms with Crippen LogP contribution in [0.2, 0.25) is 4.34 Å². The van der Waals surface area contributed by atoms with Crippen molar-refractivity contribution < 1.29 is 0 Å². The fraction of sp³-hybridized carbons (Fsp3) is 0.600. The average molecular weight is 229 g/mol. The van der Waals surface area contributed by atoms with E-state index in [4.69, 9.17) is 17.3 Å². The summed E-state index contributed by atoms with van der Waals surface area (Å²) >= 11 is 7.70. The van der Waals surface area contributed by atoms with Crippen LogP contribution in [0.1, 0.15) is 23.3 Å². The lowest BCUT2D eigenvalue weighted by Gasteiger charge is -2.26. The van der Waals surface area contributed by atoms with Crippen molar-refractivity contribution in [3.8, 4) is 0 Å². The Morgan fingerprint density at radius 2 is 2.21 bits per heavy atom. The number of nitrogen functional groups attached to an aromatic ring is 1. The molecule has 0 spiro atoms. The Morgan fingerprint density at radius 3 is 2.93 bits per heavy atom. The standard InChI is InChI=1S/C10H13ClN2S/c11-10-9(12)7-3-4-13(6-1-2-6)5-8(7)14-10/h6H,1-5,12H2. The molecule has 0 atom stereocenters. The van der Waals surface area contributed by atoms with Crippen LogP contribution in [-0.2, 0) is 13.0 Å². The lowest BCUT2D eigenvalue weighted by molar-refractivity contribution is 0.247. The fourth-order valence-electron chi connectivity index (χ4n) is 2.17. The summed E-state index contributed by atoms with van der Waals surface area (Å²) in [7, 11) is 0. The monoisotopic (exact) mass is 228 g/mol. The molecule has 0 bridgehead atoms. The lowest BCUT2D eigenvalue weighted by Crippen LogP contribution is -2.31. The summed E-state index contributed by atoms with van der Waals surface area (Å²) in [6, 6.07) is 0.852. The molecule has 14 heavy (non-hydrogen) atoms. The van der Waals surface area contributed by atoms with Gasteiger partial charge in [0.2, 0.25) is 0 Å². The van der Waals surface area contributed by atoms with Crippen LogP contribution in [0.25, 0.3) is 0 Å². The predicted molar refractivity (Wildman–Crippen MR) is 60.9 cm³/mol. The Balaban J connectivity index is 1.90.